The molecule has 3 heteroatoms. The van der Waals surface area contributed by atoms with Crippen LogP contribution in [0.3, 0.4) is 0 Å². The highest BCUT2D eigenvalue weighted by Crippen LogP contribution is 2.31. The maximum atomic E-state index is 11.8. The maximum absolute atomic E-state index is 11.8. The van der Waals surface area contributed by atoms with Gasteiger partial charge in [-0.25, -0.2) is 0 Å². The van der Waals surface area contributed by atoms with E-state index in [0.29, 0.717) is 6.04 Å². The van der Waals surface area contributed by atoms with Crippen molar-refractivity contribution in [2.24, 2.45) is 5.41 Å². The molecular weight excluding hydrogens is 190 g/mol. The van der Waals surface area contributed by atoms with Crippen LogP contribution in [0.2, 0.25) is 0 Å². The Morgan fingerprint density at radius 3 is 2.40 bits per heavy atom. The number of nitrogens with zero attached hydrogens (tertiary/aromatic N) is 1. The summed E-state index contributed by atoms with van der Waals surface area (Å²) in [6.45, 7) is 9.49. The summed E-state index contributed by atoms with van der Waals surface area (Å²) < 4.78 is 4.92. The molecule has 0 radical (unpaired) electrons. The lowest BCUT2D eigenvalue weighted by atomic mass is 9.85. The molecule has 0 amide bonds. The van der Waals surface area contributed by atoms with Gasteiger partial charge in [-0.15, -0.1) is 0 Å². The Bertz CT molecular complexity index is 232. The van der Waals surface area contributed by atoms with Crippen molar-refractivity contribution in [3.63, 3.8) is 0 Å². The van der Waals surface area contributed by atoms with E-state index in [4.69, 9.17) is 4.74 Å². The third-order valence-corrected chi connectivity index (χ3v) is 3.18. The number of likely N-dealkylation sites (tertiary alicyclic amines) is 1. The van der Waals surface area contributed by atoms with Crippen LogP contribution in [0, 0.1) is 5.41 Å². The van der Waals surface area contributed by atoms with E-state index in [-0.39, 0.29) is 17.4 Å². The van der Waals surface area contributed by atoms with E-state index < -0.39 is 0 Å². The average molecular weight is 213 g/mol. The van der Waals surface area contributed by atoms with E-state index in [0.717, 1.165) is 6.54 Å². The Labute approximate surface area is 92.8 Å². The zero-order valence-corrected chi connectivity index (χ0v) is 10.5. The first-order valence-corrected chi connectivity index (χ1v) is 5.71. The fourth-order valence-electron chi connectivity index (χ4n) is 2.44. The number of methoxy groups -OCH3 is 1. The van der Waals surface area contributed by atoms with Crippen molar-refractivity contribution in [2.75, 3.05) is 13.7 Å². The Morgan fingerprint density at radius 2 is 2.07 bits per heavy atom. The van der Waals surface area contributed by atoms with Gasteiger partial charge in [0.15, 0.2) is 0 Å². The van der Waals surface area contributed by atoms with Gasteiger partial charge < -0.3 is 4.74 Å². The van der Waals surface area contributed by atoms with Crippen LogP contribution in [0.1, 0.15) is 40.5 Å². The monoisotopic (exact) mass is 213 g/mol. The Hall–Kier alpha value is -0.570. The minimum atomic E-state index is -0.111. The molecule has 1 fully saturated rings. The van der Waals surface area contributed by atoms with Gasteiger partial charge in [0.2, 0.25) is 0 Å². The number of hydrogen-bond acceptors (Lipinski definition) is 3. The zero-order chi connectivity index (χ0) is 11.6. The van der Waals surface area contributed by atoms with E-state index in [2.05, 4.69) is 32.6 Å². The van der Waals surface area contributed by atoms with Crippen molar-refractivity contribution in [2.45, 2.75) is 52.6 Å². The van der Waals surface area contributed by atoms with Crippen LogP contribution in [0.5, 0.6) is 0 Å². The first-order chi connectivity index (χ1) is 6.88. The molecule has 0 bridgehead atoms. The predicted octanol–water partition coefficient (Wildman–Crippen LogP) is 2.06. The van der Waals surface area contributed by atoms with Gasteiger partial charge in [-0.3, -0.25) is 9.69 Å². The van der Waals surface area contributed by atoms with Crippen molar-refractivity contribution in [1.82, 2.24) is 4.90 Å². The molecule has 0 aromatic carbocycles. The van der Waals surface area contributed by atoms with Crippen LogP contribution in [0.4, 0.5) is 0 Å². The third kappa shape index (κ3) is 2.71. The number of carbonyl (C=O) groups excluding carboxylic acids is 1. The minimum absolute atomic E-state index is 0.0638. The number of rotatable bonds is 2. The number of ether oxygens (including phenoxy) is 1. The highest BCUT2D eigenvalue weighted by molar-refractivity contribution is 5.76. The highest BCUT2D eigenvalue weighted by atomic mass is 16.5. The van der Waals surface area contributed by atoms with Crippen molar-refractivity contribution in [1.29, 1.82) is 0 Å². The highest BCUT2D eigenvalue weighted by Gasteiger charge is 2.40. The van der Waals surface area contributed by atoms with E-state index in [1.54, 1.807) is 0 Å². The van der Waals surface area contributed by atoms with E-state index in [9.17, 15) is 4.79 Å². The molecule has 1 heterocycles. The van der Waals surface area contributed by atoms with Crippen molar-refractivity contribution in [3.05, 3.63) is 0 Å². The molecule has 88 valence electrons. The van der Waals surface area contributed by atoms with Gasteiger partial charge in [-0.05, 0) is 31.7 Å². The summed E-state index contributed by atoms with van der Waals surface area (Å²) in [6, 6.07) is 0.383. The molecule has 0 N–H and O–H groups in total. The molecule has 0 unspecified atom stereocenters. The van der Waals surface area contributed by atoms with E-state index in [1.807, 2.05) is 0 Å². The van der Waals surface area contributed by atoms with E-state index in [1.165, 1.54) is 20.0 Å². The summed E-state index contributed by atoms with van der Waals surface area (Å²) in [6.07, 6.45) is 2.37. The molecule has 0 aliphatic carbocycles. The number of carbonyl (C=O) groups is 1. The van der Waals surface area contributed by atoms with Crippen LogP contribution in [0.15, 0.2) is 0 Å². The largest absolute Gasteiger partial charge is 0.468 e. The molecule has 3 nitrogen and oxygen atoms in total. The van der Waals surface area contributed by atoms with Crippen molar-refractivity contribution < 1.29 is 9.53 Å². The van der Waals surface area contributed by atoms with Gasteiger partial charge >= 0.3 is 5.97 Å². The average Bonchev–Trinajstić information content (AvgIpc) is 2.50. The second-order valence-corrected chi connectivity index (χ2v) is 5.52. The summed E-state index contributed by atoms with van der Waals surface area (Å²) >= 11 is 0. The predicted molar refractivity (Wildman–Crippen MR) is 60.7 cm³/mol. The Morgan fingerprint density at radius 1 is 1.47 bits per heavy atom. The lowest BCUT2D eigenvalue weighted by Crippen LogP contribution is -2.51. The SMILES string of the molecule is COC(=O)[C@@H](N1CCC[C@@H]1C)C(C)(C)C. The number of hydrogen-bond donors (Lipinski definition) is 0. The van der Waals surface area contributed by atoms with Gasteiger partial charge in [0, 0.05) is 6.04 Å². The van der Waals surface area contributed by atoms with Gasteiger partial charge in [0.05, 0.1) is 7.11 Å². The van der Waals surface area contributed by atoms with Crippen LogP contribution in [-0.2, 0) is 9.53 Å². The summed E-state index contributed by atoms with van der Waals surface area (Å²) in [5.74, 6) is -0.101. The van der Waals surface area contributed by atoms with Crippen molar-refractivity contribution in [3.8, 4) is 0 Å². The lowest BCUT2D eigenvalue weighted by Gasteiger charge is -2.38. The molecule has 0 saturated carbocycles. The number of esters is 1. The van der Waals surface area contributed by atoms with Gasteiger partial charge in [0.25, 0.3) is 0 Å². The van der Waals surface area contributed by atoms with E-state index >= 15 is 0 Å². The third-order valence-electron chi connectivity index (χ3n) is 3.18. The molecule has 1 aliphatic rings. The maximum Gasteiger partial charge on any atom is 0.323 e. The summed E-state index contributed by atoms with van der Waals surface area (Å²) in [7, 11) is 1.47. The van der Waals surface area contributed by atoms with Crippen LogP contribution >= 0.6 is 0 Å². The molecule has 0 aromatic heterocycles. The first kappa shape index (κ1) is 12.5. The quantitative estimate of drug-likeness (QED) is 0.658. The summed E-state index contributed by atoms with van der Waals surface area (Å²) in [5, 5.41) is 0. The first-order valence-electron chi connectivity index (χ1n) is 5.71. The summed E-state index contributed by atoms with van der Waals surface area (Å²) in [5.41, 5.74) is -0.0638. The van der Waals surface area contributed by atoms with Gasteiger partial charge in [-0.2, -0.15) is 0 Å². The molecule has 1 saturated heterocycles. The fraction of sp³-hybridized carbons (Fsp3) is 0.917. The molecule has 2 atom stereocenters. The Balaban J connectivity index is 2.85. The molecular formula is C12H23NO2. The standard InChI is InChI=1S/C12H23NO2/c1-9-7-6-8-13(9)10(11(14)15-5)12(2,3)4/h9-10H,6-8H2,1-5H3/t9-,10+/m0/s1. The minimum Gasteiger partial charge on any atom is -0.468 e. The van der Waals surface area contributed by atoms with Crippen LogP contribution < -0.4 is 0 Å². The molecule has 0 spiro atoms. The summed E-state index contributed by atoms with van der Waals surface area (Å²) in [4.78, 5) is 14.1. The molecule has 15 heavy (non-hydrogen) atoms. The van der Waals surface area contributed by atoms with Gasteiger partial charge in [0.1, 0.15) is 6.04 Å². The molecule has 1 aliphatic heterocycles. The topological polar surface area (TPSA) is 29.5 Å². The Kier molecular flexibility index (Phi) is 3.77. The van der Waals surface area contributed by atoms with Crippen molar-refractivity contribution >= 4 is 5.97 Å². The second-order valence-electron chi connectivity index (χ2n) is 5.52. The zero-order valence-electron chi connectivity index (χ0n) is 10.5. The molecule has 0 aromatic rings. The lowest BCUT2D eigenvalue weighted by molar-refractivity contribution is -0.151. The fourth-order valence-corrected chi connectivity index (χ4v) is 2.44. The van der Waals surface area contributed by atoms with Crippen LogP contribution in [0.25, 0.3) is 0 Å². The normalized spacial score (nSPS) is 25.3. The van der Waals surface area contributed by atoms with Crippen LogP contribution in [-0.4, -0.2) is 36.6 Å². The second kappa shape index (κ2) is 4.52. The smallest absolute Gasteiger partial charge is 0.323 e. The van der Waals surface area contributed by atoms with Gasteiger partial charge in [-0.1, -0.05) is 20.8 Å². The molecule has 1 rings (SSSR count).